The third-order valence-electron chi connectivity index (χ3n) is 18.9. The quantitative estimate of drug-likeness (QED) is 0.172. The van der Waals surface area contributed by atoms with Gasteiger partial charge in [-0.05, 0) is 235 Å². The van der Waals surface area contributed by atoms with E-state index in [9.17, 15) is 0 Å². The first-order valence-corrected chi connectivity index (χ1v) is 28.1. The molecule has 0 aromatic rings. The lowest BCUT2D eigenvalue weighted by atomic mass is 9.73. The van der Waals surface area contributed by atoms with Crippen molar-refractivity contribution in [1.29, 1.82) is 0 Å². The molecule has 0 aliphatic carbocycles. The Kier molecular flexibility index (Phi) is 20.0. The summed E-state index contributed by atoms with van der Waals surface area (Å²) >= 11 is 0. The Labute approximate surface area is 397 Å². The lowest BCUT2D eigenvalue weighted by molar-refractivity contribution is 0.158. The van der Waals surface area contributed by atoms with Crippen LogP contribution in [0.4, 0.5) is 0 Å². The molecule has 14 aliphatic heterocycles. The van der Waals surface area contributed by atoms with Gasteiger partial charge in [0.2, 0.25) is 0 Å². The molecule has 376 valence electrons. The summed E-state index contributed by atoms with van der Waals surface area (Å²) in [5.74, 6) is 5.76. The van der Waals surface area contributed by atoms with Gasteiger partial charge in [0.1, 0.15) is 0 Å². The number of fused-ring (bicyclic) bond motifs is 6. The molecule has 0 amide bonds. The Bertz CT molecular complexity index is 1200. The second-order valence-corrected chi connectivity index (χ2v) is 24.4. The maximum Gasteiger partial charge on any atom is 0.0245 e. The van der Waals surface area contributed by atoms with Crippen molar-refractivity contribution in [2.24, 2.45) is 46.3 Å². The minimum atomic E-state index is 0.531. The van der Waals surface area contributed by atoms with Gasteiger partial charge in [-0.1, -0.05) is 20.8 Å². The monoisotopic (exact) mass is 910 g/mol. The number of hydrogen-bond donors (Lipinski definition) is 13. The molecule has 2 spiro atoms. The van der Waals surface area contributed by atoms with E-state index in [2.05, 4.69) is 89.9 Å². The molecule has 14 fully saturated rings. The Morgan fingerprint density at radius 3 is 1.49 bits per heavy atom. The van der Waals surface area contributed by atoms with Crippen LogP contribution in [0.5, 0.6) is 0 Å². The van der Waals surface area contributed by atoms with Crippen LogP contribution in [0.15, 0.2) is 0 Å². The first-order chi connectivity index (χ1) is 31.7. The molecule has 14 aliphatic rings. The summed E-state index contributed by atoms with van der Waals surface area (Å²) < 4.78 is 0. The lowest BCUT2D eigenvalue weighted by Gasteiger charge is -2.37. The molecule has 0 saturated carbocycles. The summed E-state index contributed by atoms with van der Waals surface area (Å²) in [6.45, 7) is 32.0. The van der Waals surface area contributed by atoms with Crippen LogP contribution in [0.1, 0.15) is 117 Å². The summed E-state index contributed by atoms with van der Waals surface area (Å²) in [7, 11) is 0. The maximum absolute atomic E-state index is 3.69. The predicted molar refractivity (Wildman–Crippen MR) is 272 cm³/mol. The molecular formula is C52H103N13. The van der Waals surface area contributed by atoms with Crippen molar-refractivity contribution in [2.75, 3.05) is 131 Å². The molecule has 0 radical (unpaired) electrons. The molecule has 0 aromatic heterocycles. The topological polar surface area (TPSA) is 156 Å². The van der Waals surface area contributed by atoms with Gasteiger partial charge in [-0.15, -0.1) is 0 Å². The highest BCUT2D eigenvalue weighted by Crippen LogP contribution is 2.41. The second-order valence-electron chi connectivity index (χ2n) is 24.4. The van der Waals surface area contributed by atoms with Crippen LogP contribution in [0.3, 0.4) is 0 Å². The van der Waals surface area contributed by atoms with Crippen molar-refractivity contribution in [3.63, 3.8) is 0 Å². The fourth-order valence-electron chi connectivity index (χ4n) is 14.1. The number of piperidine rings is 5. The minimum Gasteiger partial charge on any atom is -0.317 e. The first-order valence-electron chi connectivity index (χ1n) is 28.1. The normalized spacial score (nSPS) is 39.8. The highest BCUT2D eigenvalue weighted by atomic mass is 15.1. The molecule has 65 heavy (non-hydrogen) atoms. The van der Waals surface area contributed by atoms with Crippen LogP contribution >= 0.6 is 0 Å². The molecule has 14 rings (SSSR count). The Hall–Kier alpha value is -0.520. The van der Waals surface area contributed by atoms with Crippen LogP contribution in [-0.2, 0) is 0 Å². The Morgan fingerprint density at radius 1 is 0.385 bits per heavy atom. The van der Waals surface area contributed by atoms with E-state index in [4.69, 9.17) is 0 Å². The van der Waals surface area contributed by atoms with Gasteiger partial charge in [0, 0.05) is 74.4 Å². The van der Waals surface area contributed by atoms with Crippen LogP contribution in [-0.4, -0.2) is 167 Å². The number of nitrogens with one attached hydrogen (secondary N) is 13. The second kappa shape index (κ2) is 25.6. The summed E-state index contributed by atoms with van der Waals surface area (Å²) in [5.41, 5.74) is 1.79. The van der Waals surface area contributed by atoms with Crippen molar-refractivity contribution in [3.8, 4) is 0 Å². The highest BCUT2D eigenvalue weighted by Gasteiger charge is 2.39. The largest absolute Gasteiger partial charge is 0.317 e. The van der Waals surface area contributed by atoms with E-state index in [0.29, 0.717) is 16.4 Å². The third-order valence-corrected chi connectivity index (χ3v) is 18.9. The van der Waals surface area contributed by atoms with Gasteiger partial charge in [0.05, 0.1) is 0 Å². The van der Waals surface area contributed by atoms with Gasteiger partial charge in [-0.3, -0.25) is 0 Å². The van der Waals surface area contributed by atoms with E-state index in [0.717, 1.165) is 65.7 Å². The molecule has 2 bridgehead atoms. The van der Waals surface area contributed by atoms with Crippen LogP contribution < -0.4 is 69.1 Å². The van der Waals surface area contributed by atoms with Crippen LogP contribution in [0.2, 0.25) is 0 Å². The molecule has 10 atom stereocenters. The van der Waals surface area contributed by atoms with Gasteiger partial charge in [0.15, 0.2) is 0 Å². The van der Waals surface area contributed by atoms with E-state index in [-0.39, 0.29) is 0 Å². The fraction of sp³-hybridized carbons (Fsp3) is 1.00. The minimum absolute atomic E-state index is 0.531. The zero-order valence-corrected chi connectivity index (χ0v) is 42.1. The van der Waals surface area contributed by atoms with Gasteiger partial charge < -0.3 is 69.1 Å². The molecule has 13 heteroatoms. The molecular weight excluding hydrogens is 807 g/mol. The predicted octanol–water partition coefficient (Wildman–Crippen LogP) is 1.92. The standard InChI is InChI=1S/C11H21N.2C8H16N2.2C7H14N2.C6H12N2.C5H10N2/c1-11(2,3)8-6-9-4-5-10(7-8)12-9;1-4-9-5-2-8(1)3-6-10-7-8;1-2-8(10-5-1)3-6-9-7-4-8;1-4-9-7-2-3-8-5-6(1)7;1-2-8-4-7-5-9-3-6(1)7;1-2-8-6-4-7-3-5(1)6;1-4-2-7-5(4)3-6-1/h8-10,12H,4-7H2,1-3H3;2*9-10H,1-7H2;2*6-9H,1-5H2;5-8H,1-4H2;4-7H,1-3H2/t;;;;;;4?,5-/m......0/s1. The Balaban J connectivity index is 0.000000104. The van der Waals surface area contributed by atoms with Gasteiger partial charge >= 0.3 is 0 Å². The number of rotatable bonds is 0. The zero-order chi connectivity index (χ0) is 44.8. The summed E-state index contributed by atoms with van der Waals surface area (Å²) in [6.07, 6.45) is 20.9. The summed E-state index contributed by atoms with van der Waals surface area (Å²) in [6, 6.07) is 4.21. The first kappa shape index (κ1) is 50.9. The maximum atomic E-state index is 3.69. The van der Waals surface area contributed by atoms with Gasteiger partial charge in [-0.25, -0.2) is 0 Å². The average Bonchev–Trinajstić information content (AvgIpc) is 4.18. The fourth-order valence-corrected chi connectivity index (χ4v) is 14.1. The summed E-state index contributed by atoms with van der Waals surface area (Å²) in [5, 5.41) is 44.8. The van der Waals surface area contributed by atoms with Crippen LogP contribution in [0, 0.1) is 46.3 Å². The van der Waals surface area contributed by atoms with E-state index in [1.807, 2.05) is 0 Å². The Morgan fingerprint density at radius 2 is 0.923 bits per heavy atom. The smallest absolute Gasteiger partial charge is 0.0245 e. The van der Waals surface area contributed by atoms with Gasteiger partial charge in [-0.2, -0.15) is 0 Å². The number of hydrogen-bond acceptors (Lipinski definition) is 13. The van der Waals surface area contributed by atoms with Crippen molar-refractivity contribution >= 4 is 0 Å². The van der Waals surface area contributed by atoms with E-state index in [1.54, 1.807) is 0 Å². The molecule has 0 aromatic carbocycles. The molecule has 9 unspecified atom stereocenters. The molecule has 13 nitrogen and oxygen atoms in total. The average molecular weight is 910 g/mol. The molecule has 14 saturated heterocycles. The van der Waals surface area contributed by atoms with Crippen molar-refractivity contribution < 1.29 is 0 Å². The van der Waals surface area contributed by atoms with E-state index >= 15 is 0 Å². The molecule has 14 heterocycles. The van der Waals surface area contributed by atoms with Gasteiger partial charge in [0.25, 0.3) is 0 Å². The SMILES string of the molecule is C1CC2(CCN1)CCNC2.C1CC2CNCC2CN1.C1CC2CNCC2N1.C1CC2NCCC2CN1.C1CNC2(C1)CCNCC2.C1NC[C@@H]2NCC12.CC(C)(C)C1CC2CCC(C1)N2. The zero-order valence-electron chi connectivity index (χ0n) is 42.1. The summed E-state index contributed by atoms with van der Waals surface area (Å²) in [4.78, 5) is 0. The van der Waals surface area contributed by atoms with Crippen molar-refractivity contribution in [1.82, 2.24) is 69.1 Å². The molecule has 13 N–H and O–H groups in total. The van der Waals surface area contributed by atoms with Crippen LogP contribution in [0.25, 0.3) is 0 Å². The van der Waals surface area contributed by atoms with Crippen molar-refractivity contribution in [3.05, 3.63) is 0 Å². The van der Waals surface area contributed by atoms with E-state index < -0.39 is 0 Å². The van der Waals surface area contributed by atoms with Crippen molar-refractivity contribution in [2.45, 2.75) is 153 Å². The third kappa shape index (κ3) is 15.2. The lowest BCUT2D eigenvalue weighted by Crippen LogP contribution is -2.51. The highest BCUT2D eigenvalue weighted by molar-refractivity contribution is 4.98. The van der Waals surface area contributed by atoms with E-state index in [1.165, 1.54) is 227 Å².